The van der Waals surface area contributed by atoms with E-state index < -0.39 is 4.92 Å². The second-order valence-electron chi connectivity index (χ2n) is 4.11. The average Bonchev–Trinajstić information content (AvgIpc) is 2.93. The summed E-state index contributed by atoms with van der Waals surface area (Å²) >= 11 is 0. The summed E-state index contributed by atoms with van der Waals surface area (Å²) in [6.45, 7) is 0.353. The predicted molar refractivity (Wildman–Crippen MR) is 69.9 cm³/mol. The lowest BCUT2D eigenvalue weighted by atomic mass is 10.2. The molecule has 20 heavy (non-hydrogen) atoms. The van der Waals surface area contributed by atoms with Gasteiger partial charge < -0.3 is 15.0 Å². The fourth-order valence-corrected chi connectivity index (χ4v) is 1.64. The molecule has 106 valence electrons. The van der Waals surface area contributed by atoms with Gasteiger partial charge in [0.15, 0.2) is 0 Å². The van der Waals surface area contributed by atoms with Crippen LogP contribution in [0.5, 0.6) is 0 Å². The molecule has 0 aliphatic rings. The first-order chi connectivity index (χ1) is 9.63. The van der Waals surface area contributed by atoms with E-state index in [4.69, 9.17) is 15.0 Å². The minimum atomic E-state index is -0.462. The van der Waals surface area contributed by atoms with E-state index in [0.29, 0.717) is 30.2 Å². The van der Waals surface area contributed by atoms with Crippen LogP contribution in [-0.2, 0) is 11.2 Å². The minimum absolute atomic E-state index is 0.0139. The number of methoxy groups -OCH3 is 1. The molecule has 0 fully saturated rings. The molecule has 1 aromatic heterocycles. The van der Waals surface area contributed by atoms with Crippen LogP contribution in [0.25, 0.3) is 11.4 Å². The van der Waals surface area contributed by atoms with E-state index in [9.17, 15) is 10.1 Å². The molecule has 0 amide bonds. The maximum absolute atomic E-state index is 10.6. The molecule has 1 aromatic carbocycles. The van der Waals surface area contributed by atoms with Crippen molar-refractivity contribution in [1.82, 2.24) is 10.1 Å². The van der Waals surface area contributed by atoms with Crippen molar-refractivity contribution in [3.05, 3.63) is 40.3 Å². The Hall–Kier alpha value is -2.32. The Bertz CT molecular complexity index is 577. The molecule has 1 atom stereocenters. The molecule has 0 saturated carbocycles. The topological polar surface area (TPSA) is 117 Å². The van der Waals surface area contributed by atoms with E-state index in [0.717, 1.165) is 0 Å². The van der Waals surface area contributed by atoms with E-state index in [1.165, 1.54) is 12.1 Å². The van der Waals surface area contributed by atoms with Gasteiger partial charge in [0, 0.05) is 31.4 Å². The highest BCUT2D eigenvalue weighted by atomic mass is 16.6. The summed E-state index contributed by atoms with van der Waals surface area (Å²) in [5, 5.41) is 14.4. The van der Waals surface area contributed by atoms with Crippen LogP contribution in [0, 0.1) is 10.1 Å². The van der Waals surface area contributed by atoms with E-state index >= 15 is 0 Å². The Labute approximate surface area is 114 Å². The summed E-state index contributed by atoms with van der Waals surface area (Å²) < 4.78 is 10.2. The van der Waals surface area contributed by atoms with Gasteiger partial charge in [-0.05, 0) is 12.1 Å². The molecule has 1 unspecified atom stereocenters. The first-order valence-corrected chi connectivity index (χ1v) is 5.94. The molecule has 2 N–H and O–H groups in total. The normalized spacial score (nSPS) is 12.3. The number of nitrogens with zero attached hydrogens (tertiary/aromatic N) is 3. The van der Waals surface area contributed by atoms with Gasteiger partial charge in [0.1, 0.15) is 0 Å². The third-order valence-corrected chi connectivity index (χ3v) is 2.80. The van der Waals surface area contributed by atoms with Crippen molar-refractivity contribution in [2.45, 2.75) is 12.5 Å². The Kier molecular flexibility index (Phi) is 4.38. The highest BCUT2D eigenvalue weighted by Crippen LogP contribution is 2.20. The first kappa shape index (κ1) is 14.1. The van der Waals surface area contributed by atoms with Crippen LogP contribution in [-0.4, -0.2) is 34.8 Å². The van der Waals surface area contributed by atoms with Crippen LogP contribution >= 0.6 is 0 Å². The van der Waals surface area contributed by atoms with Crippen LogP contribution in [0.3, 0.4) is 0 Å². The van der Waals surface area contributed by atoms with E-state index in [-0.39, 0.29) is 11.8 Å². The number of ether oxygens (including phenoxy) is 1. The Morgan fingerprint density at radius 3 is 2.70 bits per heavy atom. The van der Waals surface area contributed by atoms with Crippen molar-refractivity contribution in [3.8, 4) is 11.4 Å². The zero-order valence-corrected chi connectivity index (χ0v) is 10.9. The highest BCUT2D eigenvalue weighted by molar-refractivity contribution is 5.56. The monoisotopic (exact) mass is 278 g/mol. The number of nitro benzene ring substituents is 1. The molecule has 0 bridgehead atoms. The molecular weight excluding hydrogens is 264 g/mol. The second-order valence-corrected chi connectivity index (χ2v) is 4.11. The third-order valence-electron chi connectivity index (χ3n) is 2.80. The van der Waals surface area contributed by atoms with Crippen LogP contribution < -0.4 is 5.73 Å². The second kappa shape index (κ2) is 6.22. The molecule has 8 heteroatoms. The van der Waals surface area contributed by atoms with Crippen LogP contribution in [0.2, 0.25) is 0 Å². The molecule has 2 aromatic rings. The zero-order chi connectivity index (χ0) is 14.5. The minimum Gasteiger partial charge on any atom is -0.380 e. The maximum Gasteiger partial charge on any atom is 0.269 e. The average molecular weight is 278 g/mol. The van der Waals surface area contributed by atoms with Gasteiger partial charge in [-0.2, -0.15) is 4.98 Å². The summed E-state index contributed by atoms with van der Waals surface area (Å²) in [6, 6.07) is 5.93. The van der Waals surface area contributed by atoms with Gasteiger partial charge in [-0.25, -0.2) is 0 Å². The number of nitrogens with two attached hydrogens (primary N) is 1. The first-order valence-electron chi connectivity index (χ1n) is 5.94. The predicted octanol–water partition coefficient (Wildman–Crippen LogP) is 1.16. The summed E-state index contributed by atoms with van der Waals surface area (Å²) in [5.74, 6) is 0.789. The van der Waals surface area contributed by atoms with Crippen LogP contribution in [0.4, 0.5) is 5.69 Å². The van der Waals surface area contributed by atoms with Gasteiger partial charge in [-0.1, -0.05) is 5.16 Å². The van der Waals surface area contributed by atoms with Gasteiger partial charge in [0.05, 0.1) is 17.4 Å². The Morgan fingerprint density at radius 1 is 1.45 bits per heavy atom. The largest absolute Gasteiger partial charge is 0.380 e. The quantitative estimate of drug-likeness (QED) is 0.622. The number of benzene rings is 1. The fraction of sp³-hybridized carbons (Fsp3) is 0.333. The lowest BCUT2D eigenvalue weighted by Gasteiger charge is -2.08. The van der Waals surface area contributed by atoms with E-state index in [2.05, 4.69) is 10.1 Å². The third kappa shape index (κ3) is 3.16. The SMILES string of the molecule is COC(CN)Cc1nc(-c2ccc([N+](=O)[O-])cc2)no1. The zero-order valence-electron chi connectivity index (χ0n) is 10.9. The number of hydrogen-bond acceptors (Lipinski definition) is 7. The molecule has 8 nitrogen and oxygen atoms in total. The van der Waals surface area contributed by atoms with Crippen molar-refractivity contribution >= 4 is 5.69 Å². The number of hydrogen-bond donors (Lipinski definition) is 1. The molecule has 0 aliphatic carbocycles. The molecule has 1 heterocycles. The lowest BCUT2D eigenvalue weighted by molar-refractivity contribution is -0.384. The molecule has 0 radical (unpaired) electrons. The number of aromatic nitrogens is 2. The molecule has 0 spiro atoms. The van der Waals surface area contributed by atoms with Crippen molar-refractivity contribution in [1.29, 1.82) is 0 Å². The number of nitro groups is 1. The van der Waals surface area contributed by atoms with Crippen molar-refractivity contribution < 1.29 is 14.2 Å². The van der Waals surface area contributed by atoms with Crippen molar-refractivity contribution in [2.24, 2.45) is 5.73 Å². The molecular formula is C12H14N4O4. The fourth-order valence-electron chi connectivity index (χ4n) is 1.64. The Balaban J connectivity index is 2.13. The van der Waals surface area contributed by atoms with E-state index in [1.54, 1.807) is 19.2 Å². The summed E-state index contributed by atoms with van der Waals surface area (Å²) in [6.07, 6.45) is 0.243. The van der Waals surface area contributed by atoms with Crippen molar-refractivity contribution in [3.63, 3.8) is 0 Å². The van der Waals surface area contributed by atoms with Gasteiger partial charge in [0.25, 0.3) is 5.69 Å². The maximum atomic E-state index is 10.6. The van der Waals surface area contributed by atoms with E-state index in [1.807, 2.05) is 0 Å². The molecule has 0 aliphatic heterocycles. The van der Waals surface area contributed by atoms with Crippen LogP contribution in [0.1, 0.15) is 5.89 Å². The van der Waals surface area contributed by atoms with Gasteiger partial charge in [-0.15, -0.1) is 0 Å². The Morgan fingerprint density at radius 2 is 2.15 bits per heavy atom. The number of rotatable bonds is 6. The summed E-state index contributed by atoms with van der Waals surface area (Å²) in [4.78, 5) is 14.3. The highest BCUT2D eigenvalue weighted by Gasteiger charge is 2.14. The smallest absolute Gasteiger partial charge is 0.269 e. The van der Waals surface area contributed by atoms with Crippen LogP contribution in [0.15, 0.2) is 28.8 Å². The summed E-state index contributed by atoms with van der Waals surface area (Å²) in [5.41, 5.74) is 6.17. The van der Waals surface area contributed by atoms with Gasteiger partial charge in [0.2, 0.25) is 11.7 Å². The standard InChI is InChI=1S/C12H14N4O4/c1-19-10(7-13)6-11-14-12(15-20-11)8-2-4-9(5-3-8)16(17)18/h2-5,10H,6-7,13H2,1H3. The molecule has 2 rings (SSSR count). The lowest BCUT2D eigenvalue weighted by Crippen LogP contribution is -2.24. The van der Waals surface area contributed by atoms with Gasteiger partial charge >= 0.3 is 0 Å². The summed E-state index contributed by atoms with van der Waals surface area (Å²) in [7, 11) is 1.56. The van der Waals surface area contributed by atoms with Gasteiger partial charge in [-0.3, -0.25) is 10.1 Å². The number of non-ortho nitro benzene ring substituents is 1. The van der Waals surface area contributed by atoms with Crippen molar-refractivity contribution in [2.75, 3.05) is 13.7 Å². The molecule has 0 saturated heterocycles.